The van der Waals surface area contributed by atoms with Crippen LogP contribution in [0.5, 0.6) is 0 Å². The molecule has 0 spiro atoms. The third-order valence-electron chi connectivity index (χ3n) is 5.55. The lowest BCUT2D eigenvalue weighted by Crippen LogP contribution is -2.57. The highest BCUT2D eigenvalue weighted by molar-refractivity contribution is 5.92. The minimum atomic E-state index is -0.418. The first kappa shape index (κ1) is 21.6. The summed E-state index contributed by atoms with van der Waals surface area (Å²) in [5, 5.41) is 11.1. The summed E-state index contributed by atoms with van der Waals surface area (Å²) in [6.45, 7) is 7.77. The molecule has 0 radical (unpaired) electrons. The predicted octanol–water partition coefficient (Wildman–Crippen LogP) is 4.18. The van der Waals surface area contributed by atoms with Gasteiger partial charge in [0, 0.05) is 49.4 Å². The second kappa shape index (κ2) is 9.17. The molecule has 30 heavy (non-hydrogen) atoms. The Morgan fingerprint density at radius 3 is 2.53 bits per heavy atom. The minimum Gasteiger partial charge on any atom is -0.334 e. The van der Waals surface area contributed by atoms with Crippen LogP contribution in [0, 0.1) is 22.9 Å². The topological polar surface area (TPSA) is 66.7 Å². The maximum atomic E-state index is 13.1. The standard InChI is InChI=1S/C23H26FN3O3/c1-16-4-5-19(12-22(16)27(29)30)8-11-23(28)26-14-17(2)25(13-18(26)3)15-20-6-9-21(24)10-7-20/h4-12,17-18H,13-15H2,1-3H3/b11-8+/t17-,18+/m1/s1. The average Bonchev–Trinajstić information content (AvgIpc) is 2.71. The normalized spacial score (nSPS) is 19.9. The molecule has 0 N–H and O–H groups in total. The van der Waals surface area contributed by atoms with E-state index in [0.717, 1.165) is 5.56 Å². The van der Waals surface area contributed by atoms with Crippen LogP contribution in [-0.2, 0) is 11.3 Å². The van der Waals surface area contributed by atoms with Crippen LogP contribution in [0.3, 0.4) is 0 Å². The highest BCUT2D eigenvalue weighted by Crippen LogP contribution is 2.21. The van der Waals surface area contributed by atoms with Crippen molar-refractivity contribution < 1.29 is 14.1 Å². The summed E-state index contributed by atoms with van der Waals surface area (Å²) in [7, 11) is 0. The number of aryl methyl sites for hydroxylation is 1. The summed E-state index contributed by atoms with van der Waals surface area (Å²) >= 11 is 0. The van der Waals surface area contributed by atoms with Gasteiger partial charge in [0.25, 0.3) is 5.69 Å². The van der Waals surface area contributed by atoms with E-state index in [1.165, 1.54) is 24.3 Å². The monoisotopic (exact) mass is 411 g/mol. The van der Waals surface area contributed by atoms with Crippen LogP contribution in [0.2, 0.25) is 0 Å². The lowest BCUT2D eigenvalue weighted by Gasteiger charge is -2.44. The van der Waals surface area contributed by atoms with Crippen LogP contribution in [0.25, 0.3) is 6.08 Å². The summed E-state index contributed by atoms with van der Waals surface area (Å²) in [6.07, 6.45) is 3.10. The van der Waals surface area contributed by atoms with Crippen molar-refractivity contribution in [2.24, 2.45) is 0 Å². The van der Waals surface area contributed by atoms with Crippen LogP contribution in [0.15, 0.2) is 48.5 Å². The summed E-state index contributed by atoms with van der Waals surface area (Å²) in [5.74, 6) is -0.361. The van der Waals surface area contributed by atoms with E-state index in [1.807, 2.05) is 11.8 Å². The molecule has 1 fully saturated rings. The molecule has 2 aromatic carbocycles. The highest BCUT2D eigenvalue weighted by Gasteiger charge is 2.31. The first-order chi connectivity index (χ1) is 14.2. The lowest BCUT2D eigenvalue weighted by atomic mass is 10.1. The van der Waals surface area contributed by atoms with E-state index in [9.17, 15) is 19.3 Å². The quantitative estimate of drug-likeness (QED) is 0.421. The van der Waals surface area contributed by atoms with Gasteiger partial charge < -0.3 is 4.90 Å². The predicted molar refractivity (Wildman–Crippen MR) is 114 cm³/mol. The molecule has 2 aromatic rings. The van der Waals surface area contributed by atoms with Crippen LogP contribution < -0.4 is 0 Å². The van der Waals surface area contributed by atoms with Gasteiger partial charge in [-0.2, -0.15) is 0 Å². The number of amides is 1. The van der Waals surface area contributed by atoms with Crippen molar-refractivity contribution in [2.75, 3.05) is 13.1 Å². The number of hydrogen-bond donors (Lipinski definition) is 0. The van der Waals surface area contributed by atoms with E-state index in [4.69, 9.17) is 0 Å². The number of benzene rings is 2. The number of rotatable bonds is 5. The van der Waals surface area contributed by atoms with Crippen molar-refractivity contribution in [3.05, 3.63) is 81.2 Å². The molecule has 158 valence electrons. The second-order valence-electron chi connectivity index (χ2n) is 7.88. The van der Waals surface area contributed by atoms with Crippen LogP contribution in [0.4, 0.5) is 10.1 Å². The number of hydrogen-bond acceptors (Lipinski definition) is 4. The van der Waals surface area contributed by atoms with Gasteiger partial charge >= 0.3 is 0 Å². The summed E-state index contributed by atoms with van der Waals surface area (Å²) in [6, 6.07) is 11.6. The van der Waals surface area contributed by atoms with Crippen molar-refractivity contribution in [2.45, 2.75) is 39.4 Å². The molecule has 0 aliphatic carbocycles. The fourth-order valence-corrected chi connectivity index (χ4v) is 3.74. The van der Waals surface area contributed by atoms with Gasteiger partial charge in [0.15, 0.2) is 0 Å². The Hall–Kier alpha value is -3.06. The Kier molecular flexibility index (Phi) is 6.62. The molecule has 3 rings (SSSR count). The van der Waals surface area contributed by atoms with E-state index in [2.05, 4.69) is 11.8 Å². The van der Waals surface area contributed by atoms with Crippen LogP contribution in [0.1, 0.15) is 30.5 Å². The first-order valence-electron chi connectivity index (χ1n) is 9.97. The number of nitrogens with zero attached hydrogens (tertiary/aromatic N) is 3. The second-order valence-corrected chi connectivity index (χ2v) is 7.88. The molecule has 0 aromatic heterocycles. The Morgan fingerprint density at radius 1 is 1.17 bits per heavy atom. The maximum Gasteiger partial charge on any atom is 0.272 e. The van der Waals surface area contributed by atoms with Crippen molar-refractivity contribution in [3.8, 4) is 0 Å². The molecule has 7 heteroatoms. The third kappa shape index (κ3) is 5.10. The van der Waals surface area contributed by atoms with Gasteiger partial charge in [-0.25, -0.2) is 4.39 Å². The zero-order valence-corrected chi connectivity index (χ0v) is 17.4. The molecule has 1 aliphatic rings. The number of nitro groups is 1. The Bertz CT molecular complexity index is 959. The zero-order chi connectivity index (χ0) is 21.8. The molecule has 1 saturated heterocycles. The van der Waals surface area contributed by atoms with Gasteiger partial charge in [-0.15, -0.1) is 0 Å². The number of carbonyl (C=O) groups is 1. The molecule has 1 amide bonds. The summed E-state index contributed by atoms with van der Waals surface area (Å²) in [5.41, 5.74) is 2.29. The largest absolute Gasteiger partial charge is 0.334 e. The third-order valence-corrected chi connectivity index (χ3v) is 5.55. The van der Waals surface area contributed by atoms with E-state index in [0.29, 0.717) is 30.8 Å². The van der Waals surface area contributed by atoms with E-state index < -0.39 is 4.92 Å². The van der Waals surface area contributed by atoms with E-state index >= 15 is 0 Å². The zero-order valence-electron chi connectivity index (χ0n) is 17.4. The SMILES string of the molecule is Cc1ccc(/C=C/C(=O)N2C[C@@H](C)N(Cc3ccc(F)cc3)C[C@@H]2C)cc1[N+](=O)[O-]. The van der Waals surface area contributed by atoms with Gasteiger partial charge in [0.2, 0.25) is 5.91 Å². The minimum absolute atomic E-state index is 0.0196. The Labute approximate surface area is 175 Å². The van der Waals surface area contributed by atoms with Crippen LogP contribution >= 0.6 is 0 Å². The molecular formula is C23H26FN3O3. The fourth-order valence-electron chi connectivity index (χ4n) is 3.74. The number of carbonyl (C=O) groups excluding carboxylic acids is 1. The van der Waals surface area contributed by atoms with Gasteiger partial charge in [-0.1, -0.05) is 24.3 Å². The molecule has 1 heterocycles. The van der Waals surface area contributed by atoms with Crippen molar-refractivity contribution in [1.29, 1.82) is 0 Å². The molecular weight excluding hydrogens is 385 g/mol. The number of piperazine rings is 1. The maximum absolute atomic E-state index is 13.1. The van der Waals surface area contributed by atoms with Gasteiger partial charge in [-0.05, 0) is 50.1 Å². The van der Waals surface area contributed by atoms with E-state index in [1.54, 1.807) is 37.3 Å². The first-order valence-corrected chi connectivity index (χ1v) is 9.97. The molecule has 1 aliphatic heterocycles. The molecule has 6 nitrogen and oxygen atoms in total. The van der Waals surface area contributed by atoms with Gasteiger partial charge in [0.05, 0.1) is 4.92 Å². The molecule has 0 bridgehead atoms. The number of nitro benzene ring substituents is 1. The van der Waals surface area contributed by atoms with Crippen molar-refractivity contribution in [3.63, 3.8) is 0 Å². The van der Waals surface area contributed by atoms with Crippen molar-refractivity contribution >= 4 is 17.7 Å². The van der Waals surface area contributed by atoms with Gasteiger partial charge in [-0.3, -0.25) is 19.8 Å². The summed E-state index contributed by atoms with van der Waals surface area (Å²) < 4.78 is 13.1. The molecule has 2 atom stereocenters. The number of halogens is 1. The molecule has 0 saturated carbocycles. The Morgan fingerprint density at radius 2 is 1.87 bits per heavy atom. The fraction of sp³-hybridized carbons (Fsp3) is 0.348. The summed E-state index contributed by atoms with van der Waals surface area (Å²) in [4.78, 5) is 27.6. The lowest BCUT2D eigenvalue weighted by molar-refractivity contribution is -0.385. The van der Waals surface area contributed by atoms with Crippen molar-refractivity contribution in [1.82, 2.24) is 9.80 Å². The molecule has 0 unspecified atom stereocenters. The Balaban J connectivity index is 1.65. The van der Waals surface area contributed by atoms with Crippen LogP contribution in [-0.4, -0.2) is 45.8 Å². The smallest absolute Gasteiger partial charge is 0.272 e. The average molecular weight is 411 g/mol. The van der Waals surface area contributed by atoms with E-state index in [-0.39, 0.29) is 29.5 Å². The van der Waals surface area contributed by atoms with Gasteiger partial charge in [0.1, 0.15) is 5.82 Å². The highest BCUT2D eigenvalue weighted by atomic mass is 19.1.